The van der Waals surface area contributed by atoms with Crippen molar-refractivity contribution in [3.05, 3.63) is 24.1 Å². The van der Waals surface area contributed by atoms with Gasteiger partial charge in [0.05, 0.1) is 12.1 Å². The van der Waals surface area contributed by atoms with Crippen LogP contribution in [0.15, 0.2) is 22.6 Å². The lowest BCUT2D eigenvalue weighted by atomic mass is 10.1. The van der Waals surface area contributed by atoms with Crippen molar-refractivity contribution in [1.29, 1.82) is 0 Å². The van der Waals surface area contributed by atoms with E-state index < -0.39 is 5.60 Å². The molecule has 1 saturated heterocycles. The van der Waals surface area contributed by atoms with Gasteiger partial charge in [-0.05, 0) is 31.5 Å². The Balaban J connectivity index is 1.79. The van der Waals surface area contributed by atoms with Crippen LogP contribution in [0, 0.1) is 0 Å². The molecule has 0 aliphatic carbocycles. The Morgan fingerprint density at radius 2 is 2.39 bits per heavy atom. The highest BCUT2D eigenvalue weighted by Gasteiger charge is 2.31. The second-order valence-electron chi connectivity index (χ2n) is 5.29. The predicted octanol–water partition coefficient (Wildman–Crippen LogP) is 1.37. The van der Waals surface area contributed by atoms with Crippen molar-refractivity contribution in [2.24, 2.45) is 0 Å². The van der Waals surface area contributed by atoms with E-state index in [2.05, 4.69) is 9.88 Å². The maximum Gasteiger partial charge on any atom is 0.209 e. The average Bonchev–Trinajstić information content (AvgIpc) is 2.81. The van der Waals surface area contributed by atoms with E-state index in [-0.39, 0.29) is 0 Å². The van der Waals surface area contributed by atoms with E-state index >= 15 is 0 Å². The van der Waals surface area contributed by atoms with Crippen LogP contribution in [0.5, 0.6) is 0 Å². The van der Waals surface area contributed by atoms with Gasteiger partial charge < -0.3 is 15.3 Å². The molecule has 1 aliphatic heterocycles. The largest absolute Gasteiger partial charge is 0.439 e. The van der Waals surface area contributed by atoms with Gasteiger partial charge in [-0.3, -0.25) is 4.90 Å². The Bertz CT molecular complexity index is 577. The van der Waals surface area contributed by atoms with Crippen molar-refractivity contribution in [1.82, 2.24) is 9.88 Å². The van der Waals surface area contributed by atoms with Crippen LogP contribution in [0.2, 0.25) is 0 Å². The summed E-state index contributed by atoms with van der Waals surface area (Å²) in [5.41, 5.74) is 7.35. The fourth-order valence-corrected chi connectivity index (χ4v) is 2.42. The van der Waals surface area contributed by atoms with E-state index in [1.807, 2.05) is 19.1 Å². The third-order valence-electron chi connectivity index (χ3n) is 3.35. The molecular weight excluding hydrogens is 230 g/mol. The Kier molecular flexibility index (Phi) is 2.53. The summed E-state index contributed by atoms with van der Waals surface area (Å²) in [7, 11) is 0. The topological polar surface area (TPSA) is 75.5 Å². The minimum Gasteiger partial charge on any atom is -0.439 e. The van der Waals surface area contributed by atoms with Gasteiger partial charge >= 0.3 is 0 Å². The van der Waals surface area contributed by atoms with Gasteiger partial charge in [-0.25, -0.2) is 4.98 Å². The number of oxazole rings is 1. The highest BCUT2D eigenvalue weighted by atomic mass is 16.3. The molecule has 0 saturated carbocycles. The summed E-state index contributed by atoms with van der Waals surface area (Å²) < 4.78 is 5.66. The van der Waals surface area contributed by atoms with Gasteiger partial charge in [-0.2, -0.15) is 0 Å². The van der Waals surface area contributed by atoms with E-state index in [1.54, 1.807) is 6.07 Å². The second-order valence-corrected chi connectivity index (χ2v) is 5.29. The maximum absolute atomic E-state index is 9.91. The van der Waals surface area contributed by atoms with Crippen molar-refractivity contribution in [3.8, 4) is 0 Å². The van der Waals surface area contributed by atoms with Crippen LogP contribution in [-0.4, -0.2) is 33.7 Å². The lowest BCUT2D eigenvalue weighted by Crippen LogP contribution is -2.29. The van der Waals surface area contributed by atoms with Gasteiger partial charge in [-0.1, -0.05) is 0 Å². The van der Waals surface area contributed by atoms with Crippen molar-refractivity contribution in [2.75, 3.05) is 18.8 Å². The number of β-amino-alcohol motifs (C(OH)–C–C–N with tert-alkyl or cyclic N) is 1. The molecule has 5 heteroatoms. The Labute approximate surface area is 105 Å². The number of nitrogens with zero attached hydrogens (tertiary/aromatic N) is 2. The van der Waals surface area contributed by atoms with Crippen LogP contribution in [0.25, 0.3) is 11.1 Å². The summed E-state index contributed by atoms with van der Waals surface area (Å²) >= 11 is 0. The number of rotatable bonds is 2. The Morgan fingerprint density at radius 3 is 3.11 bits per heavy atom. The molecule has 1 atom stereocenters. The number of aromatic nitrogens is 1. The first-order valence-electron chi connectivity index (χ1n) is 6.12. The Hall–Kier alpha value is -1.59. The van der Waals surface area contributed by atoms with E-state index in [9.17, 15) is 5.11 Å². The van der Waals surface area contributed by atoms with Crippen molar-refractivity contribution < 1.29 is 9.52 Å². The number of benzene rings is 1. The molecule has 0 bridgehead atoms. The summed E-state index contributed by atoms with van der Waals surface area (Å²) in [5, 5.41) is 9.91. The third kappa shape index (κ3) is 2.19. The summed E-state index contributed by atoms with van der Waals surface area (Å²) in [5.74, 6) is 0.674. The van der Waals surface area contributed by atoms with Gasteiger partial charge in [0, 0.05) is 18.8 Å². The summed E-state index contributed by atoms with van der Waals surface area (Å²) in [6, 6.07) is 5.45. The highest BCUT2D eigenvalue weighted by Crippen LogP contribution is 2.24. The molecule has 1 aliphatic rings. The molecule has 2 heterocycles. The Morgan fingerprint density at radius 1 is 1.56 bits per heavy atom. The molecule has 96 valence electrons. The summed E-state index contributed by atoms with van der Waals surface area (Å²) in [6.45, 7) is 4.02. The van der Waals surface area contributed by atoms with Crippen LogP contribution >= 0.6 is 0 Å². The predicted molar refractivity (Wildman–Crippen MR) is 68.9 cm³/mol. The number of aliphatic hydroxyl groups is 1. The average molecular weight is 247 g/mol. The maximum atomic E-state index is 9.91. The molecule has 0 amide bonds. The summed E-state index contributed by atoms with van der Waals surface area (Å²) in [6.07, 6.45) is 0.792. The smallest absolute Gasteiger partial charge is 0.209 e. The van der Waals surface area contributed by atoms with E-state index in [1.165, 1.54) is 0 Å². The van der Waals surface area contributed by atoms with Crippen molar-refractivity contribution >= 4 is 16.8 Å². The number of hydrogen-bond donors (Lipinski definition) is 2. The zero-order valence-corrected chi connectivity index (χ0v) is 10.4. The number of hydrogen-bond acceptors (Lipinski definition) is 5. The first-order valence-corrected chi connectivity index (χ1v) is 6.12. The SMILES string of the molecule is CC1(O)CCN(Cc2nc3cc(N)ccc3o2)C1. The zero-order chi connectivity index (χ0) is 12.8. The zero-order valence-electron chi connectivity index (χ0n) is 10.4. The normalized spacial score (nSPS) is 25.0. The number of fused-ring (bicyclic) bond motifs is 1. The lowest BCUT2D eigenvalue weighted by Gasteiger charge is -2.17. The minimum atomic E-state index is -0.587. The molecule has 18 heavy (non-hydrogen) atoms. The van der Waals surface area contributed by atoms with E-state index in [0.29, 0.717) is 24.7 Å². The molecule has 3 rings (SSSR count). The number of nitrogens with two attached hydrogens (primary N) is 1. The van der Waals surface area contributed by atoms with Crippen LogP contribution in [0.3, 0.4) is 0 Å². The molecular formula is C13H17N3O2. The third-order valence-corrected chi connectivity index (χ3v) is 3.35. The van der Waals surface area contributed by atoms with Gasteiger partial charge in [0.2, 0.25) is 5.89 Å². The van der Waals surface area contributed by atoms with Crippen LogP contribution in [0.1, 0.15) is 19.2 Å². The standard InChI is InChI=1S/C13H17N3O2/c1-13(17)4-5-16(8-13)7-12-15-10-6-9(14)2-3-11(10)18-12/h2-3,6,17H,4-5,7-8,14H2,1H3. The summed E-state index contributed by atoms with van der Waals surface area (Å²) in [4.78, 5) is 6.56. The molecule has 1 aromatic carbocycles. The van der Waals surface area contributed by atoms with Gasteiger partial charge in [0.15, 0.2) is 5.58 Å². The number of anilines is 1. The quantitative estimate of drug-likeness (QED) is 0.784. The van der Waals surface area contributed by atoms with Gasteiger partial charge in [0.25, 0.3) is 0 Å². The molecule has 1 unspecified atom stereocenters. The first kappa shape index (κ1) is 11.5. The van der Waals surface area contributed by atoms with Crippen molar-refractivity contribution in [3.63, 3.8) is 0 Å². The molecule has 1 fully saturated rings. The van der Waals surface area contributed by atoms with Gasteiger partial charge in [0.1, 0.15) is 5.52 Å². The second kappa shape index (κ2) is 3.96. The molecule has 0 radical (unpaired) electrons. The van der Waals surface area contributed by atoms with E-state index in [4.69, 9.17) is 10.2 Å². The minimum absolute atomic E-state index is 0.587. The highest BCUT2D eigenvalue weighted by molar-refractivity contribution is 5.76. The molecule has 0 spiro atoms. The lowest BCUT2D eigenvalue weighted by molar-refractivity contribution is 0.0669. The molecule has 3 N–H and O–H groups in total. The first-order chi connectivity index (χ1) is 8.52. The van der Waals surface area contributed by atoms with Crippen LogP contribution < -0.4 is 5.73 Å². The number of likely N-dealkylation sites (tertiary alicyclic amines) is 1. The van der Waals surface area contributed by atoms with E-state index in [0.717, 1.165) is 24.1 Å². The molecule has 2 aromatic rings. The number of nitrogen functional groups attached to an aromatic ring is 1. The van der Waals surface area contributed by atoms with Crippen LogP contribution in [-0.2, 0) is 6.54 Å². The fourth-order valence-electron chi connectivity index (χ4n) is 2.42. The molecule has 1 aromatic heterocycles. The van der Waals surface area contributed by atoms with Crippen molar-refractivity contribution in [2.45, 2.75) is 25.5 Å². The molecule has 5 nitrogen and oxygen atoms in total. The van der Waals surface area contributed by atoms with Crippen LogP contribution in [0.4, 0.5) is 5.69 Å². The fraction of sp³-hybridized carbons (Fsp3) is 0.462. The monoisotopic (exact) mass is 247 g/mol. The van der Waals surface area contributed by atoms with Gasteiger partial charge in [-0.15, -0.1) is 0 Å².